The van der Waals surface area contributed by atoms with E-state index in [1.807, 2.05) is 4.72 Å². The number of hydrogen-bond acceptors (Lipinski definition) is 8. The van der Waals surface area contributed by atoms with E-state index in [2.05, 4.69) is 9.72 Å². The first kappa shape index (κ1) is 26.2. The van der Waals surface area contributed by atoms with Crippen molar-refractivity contribution in [1.82, 2.24) is 9.71 Å². The second kappa shape index (κ2) is 10.1. The number of sulfonamides is 1. The maximum atomic E-state index is 13.5. The number of hydrogen-bond donors (Lipinski definition) is 1. The number of amides is 1. The zero-order chi connectivity index (χ0) is 26.0. The number of nitrogens with one attached hydrogen (secondary N) is 1. The molecule has 0 unspecified atom stereocenters. The van der Waals surface area contributed by atoms with Crippen molar-refractivity contribution in [2.75, 3.05) is 24.6 Å². The van der Waals surface area contributed by atoms with Gasteiger partial charge in [0.15, 0.2) is 5.69 Å². The van der Waals surface area contributed by atoms with Crippen LogP contribution in [0.1, 0.15) is 34.1 Å². The number of pyridine rings is 1. The highest BCUT2D eigenvalue weighted by atomic mass is 35.5. The van der Waals surface area contributed by atoms with Crippen LogP contribution in [0, 0.1) is 17.2 Å². The van der Waals surface area contributed by atoms with Crippen LogP contribution < -0.4 is 9.62 Å². The number of carbonyl (C=O) groups excluding carboxylic acids is 2. The Morgan fingerprint density at radius 3 is 2.57 bits per heavy atom. The lowest BCUT2D eigenvalue weighted by molar-refractivity contribution is -0.141. The molecule has 1 fully saturated rings. The summed E-state index contributed by atoms with van der Waals surface area (Å²) in [6, 6.07) is 8.50. The summed E-state index contributed by atoms with van der Waals surface area (Å²) in [6.07, 6.45) is -5.01. The van der Waals surface area contributed by atoms with Crippen LogP contribution in [0.25, 0.3) is 0 Å². The molecule has 0 saturated carbocycles. The number of aromatic nitrogens is 1. The smallest absolute Gasteiger partial charge is 0.434 e. The highest BCUT2D eigenvalue weighted by Crippen LogP contribution is 2.35. The molecule has 0 atom stereocenters. The van der Waals surface area contributed by atoms with Gasteiger partial charge in [0.1, 0.15) is 11.9 Å². The minimum absolute atomic E-state index is 0.178. The minimum atomic E-state index is -5.01. The molecule has 14 heteroatoms. The van der Waals surface area contributed by atoms with Crippen molar-refractivity contribution in [3.05, 3.63) is 57.7 Å². The van der Waals surface area contributed by atoms with Crippen LogP contribution in [-0.2, 0) is 31.5 Å². The van der Waals surface area contributed by atoms with Gasteiger partial charge >= 0.3 is 12.1 Å². The van der Waals surface area contributed by atoms with Gasteiger partial charge < -0.3 is 9.64 Å². The molecule has 3 rings (SSSR count). The van der Waals surface area contributed by atoms with Crippen LogP contribution in [0.15, 0.2) is 30.3 Å². The van der Waals surface area contributed by atoms with Gasteiger partial charge in [-0.2, -0.15) is 18.4 Å². The fourth-order valence-corrected chi connectivity index (χ4v) is 4.72. The molecule has 9 nitrogen and oxygen atoms in total. The fraction of sp³-hybridized carbons (Fsp3) is 0.333. The molecule has 2 heterocycles. The van der Waals surface area contributed by atoms with E-state index in [4.69, 9.17) is 11.6 Å². The lowest BCUT2D eigenvalue weighted by Crippen LogP contribution is -2.55. The largest absolute Gasteiger partial charge is 0.462 e. The molecular weight excluding hydrogens is 513 g/mol. The predicted octanol–water partition coefficient (Wildman–Crippen LogP) is 2.88. The molecule has 1 saturated heterocycles. The van der Waals surface area contributed by atoms with Crippen LogP contribution in [0.5, 0.6) is 0 Å². The van der Waals surface area contributed by atoms with Crippen molar-refractivity contribution >= 4 is 39.3 Å². The average molecular weight is 531 g/mol. The van der Waals surface area contributed by atoms with E-state index < -0.39 is 51.0 Å². The van der Waals surface area contributed by atoms with Crippen molar-refractivity contribution in [3.8, 4) is 6.07 Å². The number of anilines is 1. The summed E-state index contributed by atoms with van der Waals surface area (Å²) in [4.78, 5) is 29.1. The quantitative estimate of drug-likeness (QED) is 0.541. The Hall–Kier alpha value is -3.37. The molecule has 1 amide bonds. The van der Waals surface area contributed by atoms with Crippen LogP contribution in [0.2, 0.25) is 5.02 Å². The summed E-state index contributed by atoms with van der Waals surface area (Å²) < 4.78 is 71.8. The molecule has 1 aliphatic heterocycles. The molecule has 186 valence electrons. The van der Waals surface area contributed by atoms with E-state index in [0.29, 0.717) is 10.6 Å². The van der Waals surface area contributed by atoms with Gasteiger partial charge in [0.05, 0.1) is 29.4 Å². The number of alkyl halides is 3. The zero-order valence-electron chi connectivity index (χ0n) is 18.1. The summed E-state index contributed by atoms with van der Waals surface area (Å²) in [5.41, 5.74) is -2.39. The van der Waals surface area contributed by atoms with Crippen LogP contribution in [-0.4, -0.2) is 45.0 Å². The molecule has 0 radical (unpaired) electrons. The maximum absolute atomic E-state index is 13.5. The second-order valence-corrected chi connectivity index (χ2v) is 9.70. The predicted molar refractivity (Wildman–Crippen MR) is 118 cm³/mol. The number of halogens is 4. The highest BCUT2D eigenvalue weighted by molar-refractivity contribution is 7.89. The first-order valence-corrected chi connectivity index (χ1v) is 12.1. The van der Waals surface area contributed by atoms with E-state index >= 15 is 0 Å². The molecule has 2 aromatic rings. The topological polar surface area (TPSA) is 129 Å². The number of ether oxygens (including phenoxy) is 1. The summed E-state index contributed by atoms with van der Waals surface area (Å²) in [6.45, 7) is 0.869. The van der Waals surface area contributed by atoms with Crippen molar-refractivity contribution in [1.29, 1.82) is 5.26 Å². The Balaban J connectivity index is 1.75. The Morgan fingerprint density at radius 1 is 1.31 bits per heavy atom. The Bertz CT molecular complexity index is 1310. The molecular formula is C21H18ClF3N4O5S. The Morgan fingerprint density at radius 2 is 2.00 bits per heavy atom. The van der Waals surface area contributed by atoms with Gasteiger partial charge in [-0.1, -0.05) is 23.7 Å². The van der Waals surface area contributed by atoms with E-state index in [9.17, 15) is 36.4 Å². The first-order chi connectivity index (χ1) is 16.3. The van der Waals surface area contributed by atoms with Gasteiger partial charge in [-0.25, -0.2) is 18.2 Å². The summed E-state index contributed by atoms with van der Waals surface area (Å²) in [5, 5.41) is 9.71. The number of rotatable bonds is 7. The normalized spacial score (nSPS) is 14.1. The van der Waals surface area contributed by atoms with Crippen molar-refractivity contribution in [2.45, 2.75) is 18.9 Å². The monoisotopic (exact) mass is 530 g/mol. The molecule has 1 aromatic carbocycles. The van der Waals surface area contributed by atoms with Crippen LogP contribution >= 0.6 is 11.6 Å². The first-order valence-electron chi connectivity index (χ1n) is 10.1. The van der Waals surface area contributed by atoms with Gasteiger partial charge in [0.2, 0.25) is 15.9 Å². The average Bonchev–Trinajstić information content (AvgIpc) is 2.71. The Kier molecular flexibility index (Phi) is 7.56. The standard InChI is InChI=1S/C21H18ClF3N4O5S/c1-2-34-20(31)16-7-13(8-26)18(27-17(16)21(23,24)25)29-9-14(10-29)19(30)28-35(32,33)11-12-4-3-5-15(22)6-12/h3-7,14H,2,9-11H2,1H3,(H,28,30). The van der Waals surface area contributed by atoms with Gasteiger partial charge in [-0.05, 0) is 30.7 Å². The third-order valence-electron chi connectivity index (χ3n) is 4.94. The maximum Gasteiger partial charge on any atom is 0.434 e. The second-order valence-electron chi connectivity index (χ2n) is 7.54. The number of benzene rings is 1. The number of nitriles is 1. The van der Waals surface area contributed by atoms with Gasteiger partial charge in [-0.15, -0.1) is 0 Å². The summed E-state index contributed by atoms with van der Waals surface area (Å²) >= 11 is 5.83. The van der Waals surface area contributed by atoms with Crippen molar-refractivity contribution in [2.24, 2.45) is 5.92 Å². The van der Waals surface area contributed by atoms with E-state index in [-0.39, 0.29) is 31.1 Å². The molecule has 0 bridgehead atoms. The number of esters is 1. The zero-order valence-corrected chi connectivity index (χ0v) is 19.7. The number of nitrogens with zero attached hydrogens (tertiary/aromatic N) is 3. The van der Waals surface area contributed by atoms with Crippen molar-refractivity contribution in [3.63, 3.8) is 0 Å². The summed E-state index contributed by atoms with van der Waals surface area (Å²) in [7, 11) is -4.06. The van der Waals surface area contributed by atoms with Gasteiger partial charge in [-0.3, -0.25) is 9.52 Å². The molecule has 35 heavy (non-hydrogen) atoms. The van der Waals surface area contributed by atoms with Crippen LogP contribution in [0.3, 0.4) is 0 Å². The van der Waals surface area contributed by atoms with E-state index in [1.165, 1.54) is 24.0 Å². The minimum Gasteiger partial charge on any atom is -0.462 e. The molecule has 1 aromatic heterocycles. The lowest BCUT2D eigenvalue weighted by Gasteiger charge is -2.39. The molecule has 0 aliphatic carbocycles. The SMILES string of the molecule is CCOC(=O)c1cc(C#N)c(N2CC(C(=O)NS(=O)(=O)Cc3cccc(Cl)c3)C2)nc1C(F)(F)F. The highest BCUT2D eigenvalue weighted by Gasteiger charge is 2.42. The fourth-order valence-electron chi connectivity index (χ4n) is 3.34. The van der Waals surface area contributed by atoms with Crippen molar-refractivity contribution < 1.29 is 35.9 Å². The molecule has 1 aliphatic rings. The van der Waals surface area contributed by atoms with Gasteiger partial charge in [0.25, 0.3) is 0 Å². The molecule has 1 N–H and O–H groups in total. The van der Waals surface area contributed by atoms with E-state index in [1.54, 1.807) is 18.2 Å². The third kappa shape index (κ3) is 6.20. The van der Waals surface area contributed by atoms with Crippen LogP contribution in [0.4, 0.5) is 19.0 Å². The van der Waals surface area contributed by atoms with E-state index in [0.717, 1.165) is 6.07 Å². The Labute approximate surface area is 203 Å². The summed E-state index contributed by atoms with van der Waals surface area (Å²) in [5.74, 6) is -3.88. The number of carbonyl (C=O) groups is 2. The third-order valence-corrected chi connectivity index (χ3v) is 6.40. The lowest BCUT2D eigenvalue weighted by atomic mass is 9.98. The van der Waals surface area contributed by atoms with Gasteiger partial charge in [0, 0.05) is 18.1 Å². The molecule has 0 spiro atoms.